The van der Waals surface area contributed by atoms with Gasteiger partial charge in [0.25, 0.3) is 11.8 Å². The number of hydrogen-bond acceptors (Lipinski definition) is 3. The first-order chi connectivity index (χ1) is 8.11. The molecule has 2 aromatic heterocycles. The van der Waals surface area contributed by atoms with E-state index in [1.54, 1.807) is 28.8 Å². The SMILES string of the molecule is CC(=O)c1c2c(c3ccccn13)C(=O)NC2=O. The molecule has 2 aromatic rings. The zero-order valence-electron chi connectivity index (χ0n) is 8.98. The van der Waals surface area contributed by atoms with Gasteiger partial charge in [-0.15, -0.1) is 0 Å². The van der Waals surface area contributed by atoms with Gasteiger partial charge < -0.3 is 4.40 Å². The van der Waals surface area contributed by atoms with Crippen LogP contribution in [0, 0.1) is 0 Å². The minimum absolute atomic E-state index is 0.189. The van der Waals surface area contributed by atoms with E-state index in [9.17, 15) is 14.4 Å². The first-order valence-corrected chi connectivity index (χ1v) is 5.11. The molecule has 1 N–H and O–H groups in total. The number of fused-ring (bicyclic) bond motifs is 3. The van der Waals surface area contributed by atoms with Crippen molar-refractivity contribution in [3.8, 4) is 0 Å². The van der Waals surface area contributed by atoms with Crippen LogP contribution in [0.1, 0.15) is 38.1 Å². The molecule has 0 unspecified atom stereocenters. The second-order valence-corrected chi connectivity index (χ2v) is 3.89. The number of ketones is 1. The van der Waals surface area contributed by atoms with E-state index in [0.29, 0.717) is 11.1 Å². The van der Waals surface area contributed by atoms with Crippen LogP contribution in [0.4, 0.5) is 0 Å². The lowest BCUT2D eigenvalue weighted by atomic mass is 10.1. The average Bonchev–Trinajstić information content (AvgIpc) is 2.76. The first-order valence-electron chi connectivity index (χ1n) is 5.11. The van der Waals surface area contributed by atoms with Crippen molar-refractivity contribution in [2.45, 2.75) is 6.92 Å². The van der Waals surface area contributed by atoms with E-state index in [-0.39, 0.29) is 17.0 Å². The molecule has 5 heteroatoms. The van der Waals surface area contributed by atoms with E-state index in [1.807, 2.05) is 0 Å². The number of nitrogens with zero attached hydrogens (tertiary/aromatic N) is 1. The summed E-state index contributed by atoms with van der Waals surface area (Å²) in [6.07, 6.45) is 1.67. The van der Waals surface area contributed by atoms with Crippen LogP contribution < -0.4 is 5.32 Å². The zero-order valence-corrected chi connectivity index (χ0v) is 8.98. The average molecular weight is 228 g/mol. The lowest BCUT2D eigenvalue weighted by Crippen LogP contribution is -2.22. The Bertz CT molecular complexity index is 682. The Kier molecular flexibility index (Phi) is 1.75. The fraction of sp³-hybridized carbons (Fsp3) is 0.0833. The number of imide groups is 1. The maximum Gasteiger partial charge on any atom is 0.261 e. The van der Waals surface area contributed by atoms with Gasteiger partial charge in [-0.1, -0.05) is 6.07 Å². The molecule has 0 atom stereocenters. The van der Waals surface area contributed by atoms with Gasteiger partial charge in [-0.3, -0.25) is 19.7 Å². The third kappa shape index (κ3) is 1.10. The van der Waals surface area contributed by atoms with E-state index < -0.39 is 11.8 Å². The Labute approximate surface area is 96.0 Å². The van der Waals surface area contributed by atoms with Crippen molar-refractivity contribution in [1.82, 2.24) is 9.72 Å². The van der Waals surface area contributed by atoms with Crippen LogP contribution in [0.3, 0.4) is 0 Å². The second-order valence-electron chi connectivity index (χ2n) is 3.89. The van der Waals surface area contributed by atoms with Gasteiger partial charge in [-0.25, -0.2) is 0 Å². The fourth-order valence-corrected chi connectivity index (χ4v) is 2.23. The van der Waals surface area contributed by atoms with Crippen molar-refractivity contribution in [2.24, 2.45) is 0 Å². The van der Waals surface area contributed by atoms with Gasteiger partial charge in [0.2, 0.25) is 0 Å². The molecule has 1 aliphatic rings. The summed E-state index contributed by atoms with van der Waals surface area (Å²) in [5.74, 6) is -1.18. The zero-order chi connectivity index (χ0) is 12.2. The van der Waals surface area contributed by atoms with Gasteiger partial charge in [0, 0.05) is 13.1 Å². The van der Waals surface area contributed by atoms with Crippen LogP contribution in [0.15, 0.2) is 24.4 Å². The number of nitrogens with one attached hydrogen (secondary N) is 1. The summed E-state index contributed by atoms with van der Waals surface area (Å²) in [6, 6.07) is 5.22. The van der Waals surface area contributed by atoms with Crippen LogP contribution in [0.5, 0.6) is 0 Å². The highest BCUT2D eigenvalue weighted by Crippen LogP contribution is 2.27. The summed E-state index contributed by atoms with van der Waals surface area (Å²) < 4.78 is 1.59. The highest BCUT2D eigenvalue weighted by Gasteiger charge is 2.35. The molecule has 2 amide bonds. The molecule has 0 saturated heterocycles. The molecule has 0 aliphatic carbocycles. The number of carbonyl (C=O) groups is 3. The van der Waals surface area contributed by atoms with Crippen molar-refractivity contribution >= 4 is 23.1 Å². The lowest BCUT2D eigenvalue weighted by Gasteiger charge is -2.01. The molecular weight excluding hydrogens is 220 g/mol. The molecule has 0 radical (unpaired) electrons. The highest BCUT2D eigenvalue weighted by atomic mass is 16.2. The van der Waals surface area contributed by atoms with Gasteiger partial charge in [-0.05, 0) is 12.1 Å². The molecule has 84 valence electrons. The maximum absolute atomic E-state index is 11.7. The number of Topliss-reactive ketones (excluding diaryl/α,β-unsaturated/α-hetero) is 1. The van der Waals surface area contributed by atoms with Gasteiger partial charge in [0.15, 0.2) is 5.78 Å². The summed E-state index contributed by atoms with van der Waals surface area (Å²) in [5.41, 5.74) is 1.32. The lowest BCUT2D eigenvalue weighted by molar-refractivity contribution is 0.0873. The van der Waals surface area contributed by atoms with Crippen molar-refractivity contribution in [2.75, 3.05) is 0 Å². The summed E-state index contributed by atoms with van der Waals surface area (Å²) >= 11 is 0. The van der Waals surface area contributed by atoms with Gasteiger partial charge in [0.1, 0.15) is 5.69 Å². The minimum Gasteiger partial charge on any atom is -0.312 e. The smallest absolute Gasteiger partial charge is 0.261 e. The van der Waals surface area contributed by atoms with E-state index in [4.69, 9.17) is 0 Å². The van der Waals surface area contributed by atoms with Gasteiger partial charge in [-0.2, -0.15) is 0 Å². The van der Waals surface area contributed by atoms with Gasteiger partial charge in [0.05, 0.1) is 16.6 Å². The van der Waals surface area contributed by atoms with Crippen LogP contribution in [-0.4, -0.2) is 22.0 Å². The van der Waals surface area contributed by atoms with Crippen molar-refractivity contribution < 1.29 is 14.4 Å². The minimum atomic E-state index is -0.501. The molecule has 1 aliphatic heterocycles. The number of hydrogen-bond donors (Lipinski definition) is 1. The predicted octanol–water partition coefficient (Wildman–Crippen LogP) is 1.03. The Morgan fingerprint density at radius 1 is 1.18 bits per heavy atom. The number of carbonyl (C=O) groups excluding carboxylic acids is 3. The highest BCUT2D eigenvalue weighted by molar-refractivity contribution is 6.28. The quantitative estimate of drug-likeness (QED) is 0.585. The third-order valence-electron chi connectivity index (χ3n) is 2.86. The standard InChI is InChI=1S/C12H8N2O3/c1-6(15)10-9-8(11(16)13-12(9)17)7-4-2-3-5-14(7)10/h2-5H,1H3,(H,13,16,17). The summed E-state index contributed by atoms with van der Waals surface area (Å²) in [5, 5.41) is 2.21. The molecule has 17 heavy (non-hydrogen) atoms. The van der Waals surface area contributed by atoms with E-state index in [1.165, 1.54) is 6.92 Å². The number of rotatable bonds is 1. The Hall–Kier alpha value is -2.43. The first kappa shape index (κ1) is 9.77. The normalized spacial score (nSPS) is 13.9. The molecule has 5 nitrogen and oxygen atoms in total. The fourth-order valence-electron chi connectivity index (χ4n) is 2.23. The van der Waals surface area contributed by atoms with E-state index >= 15 is 0 Å². The van der Waals surface area contributed by atoms with Crippen molar-refractivity contribution in [1.29, 1.82) is 0 Å². The van der Waals surface area contributed by atoms with Crippen LogP contribution in [0.25, 0.3) is 5.52 Å². The summed E-state index contributed by atoms with van der Waals surface area (Å²) in [7, 11) is 0. The van der Waals surface area contributed by atoms with E-state index in [2.05, 4.69) is 5.32 Å². The van der Waals surface area contributed by atoms with Crippen LogP contribution in [-0.2, 0) is 0 Å². The number of pyridine rings is 1. The molecule has 0 bridgehead atoms. The van der Waals surface area contributed by atoms with Gasteiger partial charge >= 0.3 is 0 Å². The Balaban J connectivity index is 2.55. The molecule has 0 saturated carbocycles. The van der Waals surface area contributed by atoms with Crippen LogP contribution >= 0.6 is 0 Å². The van der Waals surface area contributed by atoms with Crippen molar-refractivity contribution in [3.05, 3.63) is 41.2 Å². The second kappa shape index (κ2) is 3.04. The van der Waals surface area contributed by atoms with Crippen LogP contribution in [0.2, 0.25) is 0 Å². The molecule has 0 spiro atoms. The molecule has 0 fully saturated rings. The largest absolute Gasteiger partial charge is 0.312 e. The Morgan fingerprint density at radius 3 is 2.59 bits per heavy atom. The molecule has 3 rings (SSSR count). The third-order valence-corrected chi connectivity index (χ3v) is 2.86. The monoisotopic (exact) mass is 228 g/mol. The number of aromatic nitrogens is 1. The topological polar surface area (TPSA) is 67.7 Å². The summed E-state index contributed by atoms with van der Waals surface area (Å²) in [6.45, 7) is 1.38. The molecular formula is C12H8N2O3. The maximum atomic E-state index is 11.7. The van der Waals surface area contributed by atoms with Crippen molar-refractivity contribution in [3.63, 3.8) is 0 Å². The molecule has 0 aromatic carbocycles. The number of amides is 2. The summed E-state index contributed by atoms with van der Waals surface area (Å²) in [4.78, 5) is 35.0. The molecule has 3 heterocycles. The van der Waals surface area contributed by atoms with E-state index in [0.717, 1.165) is 0 Å². The predicted molar refractivity (Wildman–Crippen MR) is 59.2 cm³/mol. The Morgan fingerprint density at radius 2 is 1.88 bits per heavy atom.